The molecule has 2 rings (SSSR count). The highest BCUT2D eigenvalue weighted by atomic mass is 16.3. The standard InChI is InChI=1S/C7H9N5O2/c1-2(13)4-9-3-5(10-4)11-7(8)12-6(3)14/h2,13H,1H3,(H4,8,9,10,11,12,14)/t2-/m0/s1. The number of aliphatic hydroxyl groups excluding tert-OH is 1. The lowest BCUT2D eigenvalue weighted by molar-refractivity contribution is 0.190. The maximum absolute atomic E-state index is 11.3. The Morgan fingerprint density at radius 2 is 2.14 bits per heavy atom. The van der Waals surface area contributed by atoms with Crippen molar-refractivity contribution in [3.05, 3.63) is 16.2 Å². The molecule has 7 nitrogen and oxygen atoms in total. The van der Waals surface area contributed by atoms with E-state index in [0.717, 1.165) is 0 Å². The van der Waals surface area contributed by atoms with E-state index in [1.807, 2.05) is 0 Å². The number of aliphatic hydroxyl groups is 1. The van der Waals surface area contributed by atoms with Crippen LogP contribution in [-0.2, 0) is 0 Å². The summed E-state index contributed by atoms with van der Waals surface area (Å²) >= 11 is 0. The Labute approximate surface area is 78.0 Å². The van der Waals surface area contributed by atoms with Crippen LogP contribution in [0.15, 0.2) is 4.79 Å². The number of imidazole rings is 1. The van der Waals surface area contributed by atoms with Gasteiger partial charge in [-0.05, 0) is 6.92 Å². The third-order valence-electron chi connectivity index (χ3n) is 1.79. The van der Waals surface area contributed by atoms with Gasteiger partial charge in [0, 0.05) is 0 Å². The summed E-state index contributed by atoms with van der Waals surface area (Å²) in [4.78, 5) is 24.0. The normalized spacial score (nSPS) is 13.3. The molecule has 2 aromatic rings. The molecule has 0 amide bonds. The van der Waals surface area contributed by atoms with E-state index in [1.165, 1.54) is 6.92 Å². The Hall–Kier alpha value is -1.89. The van der Waals surface area contributed by atoms with Crippen molar-refractivity contribution in [1.82, 2.24) is 19.9 Å². The van der Waals surface area contributed by atoms with Gasteiger partial charge in [0.05, 0.1) is 0 Å². The first kappa shape index (κ1) is 8.70. The summed E-state index contributed by atoms with van der Waals surface area (Å²) in [6.45, 7) is 1.54. The fraction of sp³-hybridized carbons (Fsp3) is 0.286. The zero-order valence-electron chi connectivity index (χ0n) is 7.40. The third-order valence-corrected chi connectivity index (χ3v) is 1.79. The number of anilines is 1. The number of rotatable bonds is 1. The van der Waals surface area contributed by atoms with Gasteiger partial charge in [-0.15, -0.1) is 0 Å². The third kappa shape index (κ3) is 1.23. The number of nitrogens with two attached hydrogens (primary N) is 1. The highest BCUT2D eigenvalue weighted by Gasteiger charge is 2.11. The molecule has 0 aliphatic carbocycles. The van der Waals surface area contributed by atoms with E-state index in [0.29, 0.717) is 5.82 Å². The summed E-state index contributed by atoms with van der Waals surface area (Å²) in [5.41, 5.74) is 5.36. The van der Waals surface area contributed by atoms with E-state index in [4.69, 9.17) is 5.73 Å². The van der Waals surface area contributed by atoms with Crippen LogP contribution in [0.3, 0.4) is 0 Å². The lowest BCUT2D eigenvalue weighted by Crippen LogP contribution is -2.10. The number of nitrogens with zero attached hydrogens (tertiary/aromatic N) is 2. The molecule has 5 N–H and O–H groups in total. The predicted molar refractivity (Wildman–Crippen MR) is 49.6 cm³/mol. The highest BCUT2D eigenvalue weighted by molar-refractivity contribution is 5.70. The molecule has 1 atom stereocenters. The highest BCUT2D eigenvalue weighted by Crippen LogP contribution is 2.10. The van der Waals surface area contributed by atoms with Crippen molar-refractivity contribution in [1.29, 1.82) is 0 Å². The number of H-pyrrole nitrogens is 2. The largest absolute Gasteiger partial charge is 0.385 e. The summed E-state index contributed by atoms with van der Waals surface area (Å²) in [6.07, 6.45) is -0.773. The van der Waals surface area contributed by atoms with Gasteiger partial charge in [0.1, 0.15) is 11.9 Å². The van der Waals surface area contributed by atoms with Crippen LogP contribution in [0.5, 0.6) is 0 Å². The fourth-order valence-corrected chi connectivity index (χ4v) is 1.14. The van der Waals surface area contributed by atoms with Crippen molar-refractivity contribution >= 4 is 17.1 Å². The first-order valence-corrected chi connectivity index (χ1v) is 4.01. The number of nitrogens with one attached hydrogen (secondary N) is 2. The van der Waals surface area contributed by atoms with Crippen LogP contribution in [0, 0.1) is 0 Å². The van der Waals surface area contributed by atoms with Gasteiger partial charge in [-0.2, -0.15) is 4.98 Å². The Bertz CT molecular complexity index is 526. The molecule has 0 spiro atoms. The molecule has 0 aliphatic heterocycles. The molecule has 74 valence electrons. The van der Waals surface area contributed by atoms with Crippen molar-refractivity contribution in [2.24, 2.45) is 0 Å². The van der Waals surface area contributed by atoms with E-state index >= 15 is 0 Å². The fourth-order valence-electron chi connectivity index (χ4n) is 1.14. The SMILES string of the molecule is C[C@H](O)c1nc2nc(N)[nH]c(=O)c2[nH]1. The summed E-state index contributed by atoms with van der Waals surface area (Å²) in [6, 6.07) is 0. The van der Waals surface area contributed by atoms with Crippen LogP contribution in [0.4, 0.5) is 5.95 Å². The number of aromatic nitrogens is 4. The average Bonchev–Trinajstić information content (AvgIpc) is 2.47. The van der Waals surface area contributed by atoms with Gasteiger partial charge in [-0.1, -0.05) is 0 Å². The van der Waals surface area contributed by atoms with Crippen molar-refractivity contribution in [3.8, 4) is 0 Å². The number of aromatic amines is 2. The van der Waals surface area contributed by atoms with Crippen LogP contribution in [0.25, 0.3) is 11.2 Å². The van der Waals surface area contributed by atoms with E-state index in [-0.39, 0.29) is 17.1 Å². The molecular weight excluding hydrogens is 186 g/mol. The molecule has 0 fully saturated rings. The summed E-state index contributed by atoms with van der Waals surface area (Å²) in [5, 5.41) is 9.22. The second-order valence-corrected chi connectivity index (χ2v) is 2.95. The van der Waals surface area contributed by atoms with Gasteiger partial charge in [0.25, 0.3) is 5.56 Å². The van der Waals surface area contributed by atoms with Crippen LogP contribution in [0.1, 0.15) is 18.9 Å². The predicted octanol–water partition coefficient (Wildman–Crippen LogP) is -0.718. The minimum atomic E-state index is -0.773. The molecule has 0 radical (unpaired) electrons. The Balaban J connectivity index is 2.77. The Morgan fingerprint density at radius 1 is 1.43 bits per heavy atom. The smallest absolute Gasteiger partial charge is 0.278 e. The van der Waals surface area contributed by atoms with Gasteiger partial charge >= 0.3 is 0 Å². The topological polar surface area (TPSA) is 121 Å². The minimum Gasteiger partial charge on any atom is -0.385 e. The van der Waals surface area contributed by atoms with Crippen molar-refractivity contribution < 1.29 is 5.11 Å². The molecule has 14 heavy (non-hydrogen) atoms. The van der Waals surface area contributed by atoms with Crippen LogP contribution in [0.2, 0.25) is 0 Å². The molecule has 0 bridgehead atoms. The molecule has 0 aliphatic rings. The van der Waals surface area contributed by atoms with E-state index in [2.05, 4.69) is 19.9 Å². The average molecular weight is 195 g/mol. The number of hydrogen-bond acceptors (Lipinski definition) is 5. The van der Waals surface area contributed by atoms with Crippen LogP contribution < -0.4 is 11.3 Å². The first-order chi connectivity index (χ1) is 6.58. The van der Waals surface area contributed by atoms with Crippen molar-refractivity contribution in [2.45, 2.75) is 13.0 Å². The second-order valence-electron chi connectivity index (χ2n) is 2.95. The van der Waals surface area contributed by atoms with Crippen molar-refractivity contribution in [2.75, 3.05) is 5.73 Å². The van der Waals surface area contributed by atoms with Gasteiger partial charge in [0.15, 0.2) is 11.2 Å². The maximum Gasteiger partial charge on any atom is 0.278 e. The zero-order valence-corrected chi connectivity index (χ0v) is 7.40. The lowest BCUT2D eigenvalue weighted by Gasteiger charge is -1.94. The summed E-state index contributed by atoms with van der Waals surface area (Å²) in [7, 11) is 0. The molecule has 7 heteroatoms. The number of nitrogen functional groups attached to an aromatic ring is 1. The van der Waals surface area contributed by atoms with Gasteiger partial charge in [-0.3, -0.25) is 9.78 Å². The number of fused-ring (bicyclic) bond motifs is 1. The second kappa shape index (κ2) is 2.81. The van der Waals surface area contributed by atoms with E-state index in [9.17, 15) is 9.90 Å². The van der Waals surface area contributed by atoms with Crippen LogP contribution >= 0.6 is 0 Å². The first-order valence-electron chi connectivity index (χ1n) is 4.01. The monoisotopic (exact) mass is 195 g/mol. The van der Waals surface area contributed by atoms with E-state index in [1.54, 1.807) is 0 Å². The van der Waals surface area contributed by atoms with Gasteiger partial charge in [0.2, 0.25) is 5.95 Å². The van der Waals surface area contributed by atoms with Crippen molar-refractivity contribution in [3.63, 3.8) is 0 Å². The molecule has 0 saturated heterocycles. The summed E-state index contributed by atoms with van der Waals surface area (Å²) in [5.74, 6) is 0.301. The molecular formula is C7H9N5O2. The maximum atomic E-state index is 11.3. The lowest BCUT2D eigenvalue weighted by atomic mass is 10.4. The molecule has 0 unspecified atom stereocenters. The zero-order chi connectivity index (χ0) is 10.3. The summed E-state index contributed by atoms with van der Waals surface area (Å²) < 4.78 is 0. The van der Waals surface area contributed by atoms with Crippen LogP contribution in [-0.4, -0.2) is 25.0 Å². The van der Waals surface area contributed by atoms with Gasteiger partial charge < -0.3 is 15.8 Å². The minimum absolute atomic E-state index is 0.00569. The molecule has 0 aromatic carbocycles. The molecule has 2 aromatic heterocycles. The quantitative estimate of drug-likeness (QED) is 0.478. The molecule has 0 saturated carbocycles. The molecule has 2 heterocycles. The number of hydrogen-bond donors (Lipinski definition) is 4. The Morgan fingerprint density at radius 3 is 2.79 bits per heavy atom. The Kier molecular flexibility index (Phi) is 1.74. The van der Waals surface area contributed by atoms with E-state index < -0.39 is 11.7 Å². The van der Waals surface area contributed by atoms with Gasteiger partial charge in [-0.25, -0.2) is 4.98 Å².